The first-order valence-corrected chi connectivity index (χ1v) is 13.6. The van der Waals surface area contributed by atoms with Crippen LogP contribution in [0.15, 0.2) is 88.9 Å². The Bertz CT molecular complexity index is 1630. The van der Waals surface area contributed by atoms with Gasteiger partial charge in [0.05, 0.1) is 42.0 Å². The fraction of sp³-hybridized carbons (Fsp3) is 0.185. The van der Waals surface area contributed by atoms with E-state index < -0.39 is 16.2 Å². The summed E-state index contributed by atoms with van der Waals surface area (Å²) >= 11 is 0. The van der Waals surface area contributed by atoms with Gasteiger partial charge in [-0.25, -0.2) is 8.42 Å². The number of hydrogen-bond acceptors (Lipinski definition) is 8. The van der Waals surface area contributed by atoms with Crippen LogP contribution in [0, 0.1) is 0 Å². The van der Waals surface area contributed by atoms with Gasteiger partial charge in [0.1, 0.15) is 11.9 Å². The van der Waals surface area contributed by atoms with E-state index in [9.17, 15) is 8.42 Å². The highest BCUT2D eigenvalue weighted by atomic mass is 32.2. The Morgan fingerprint density at radius 3 is 2.61 bits per heavy atom. The fourth-order valence-electron chi connectivity index (χ4n) is 5.17. The van der Waals surface area contributed by atoms with Crippen LogP contribution in [0.5, 0.6) is 5.75 Å². The van der Waals surface area contributed by atoms with Crippen molar-refractivity contribution in [2.24, 2.45) is 16.5 Å². The van der Waals surface area contributed by atoms with Crippen LogP contribution in [0.25, 0.3) is 11.1 Å². The van der Waals surface area contributed by atoms with Crippen molar-refractivity contribution in [1.29, 1.82) is 0 Å². The number of aromatic amines is 1. The lowest BCUT2D eigenvalue weighted by atomic mass is 9.97. The van der Waals surface area contributed by atoms with Crippen molar-refractivity contribution in [2.75, 3.05) is 18.0 Å². The molecule has 38 heavy (non-hydrogen) atoms. The van der Waals surface area contributed by atoms with Gasteiger partial charge in [-0.2, -0.15) is 10.1 Å². The van der Waals surface area contributed by atoms with Crippen LogP contribution in [0.2, 0.25) is 0 Å². The third kappa shape index (κ3) is 3.96. The maximum Gasteiger partial charge on any atom is 0.264 e. The van der Waals surface area contributed by atoms with Crippen molar-refractivity contribution in [2.45, 2.75) is 23.5 Å². The summed E-state index contributed by atoms with van der Waals surface area (Å²) in [6, 6.07) is 21.6. The number of aliphatic imine (C=N–C) groups is 1. The number of methoxy groups -OCH3 is 1. The van der Waals surface area contributed by atoms with Crippen molar-refractivity contribution in [3.05, 3.63) is 90.1 Å². The predicted octanol–water partition coefficient (Wildman–Crippen LogP) is 3.12. The molecule has 1 aromatic heterocycles. The highest BCUT2D eigenvalue weighted by molar-refractivity contribution is 7.92. The topological polar surface area (TPSA) is 143 Å². The van der Waals surface area contributed by atoms with Crippen LogP contribution >= 0.6 is 0 Å². The molecule has 2 atom stereocenters. The molecule has 0 bridgehead atoms. The van der Waals surface area contributed by atoms with Gasteiger partial charge >= 0.3 is 0 Å². The summed E-state index contributed by atoms with van der Waals surface area (Å²) in [5, 5.41) is 6.83. The van der Waals surface area contributed by atoms with Crippen molar-refractivity contribution < 1.29 is 13.2 Å². The van der Waals surface area contributed by atoms with Gasteiger partial charge in [-0.15, -0.1) is 0 Å². The highest BCUT2D eigenvalue weighted by Crippen LogP contribution is 2.38. The number of aromatic nitrogens is 2. The summed E-state index contributed by atoms with van der Waals surface area (Å²) in [5.41, 5.74) is 16.8. The number of nitrogens with zero attached hydrogens (tertiary/aromatic N) is 4. The zero-order chi connectivity index (χ0) is 26.4. The van der Waals surface area contributed by atoms with Crippen LogP contribution in [-0.2, 0) is 16.4 Å². The minimum Gasteiger partial charge on any atom is -0.497 e. The molecule has 6 rings (SSSR count). The number of para-hydroxylation sites is 1. The molecule has 3 heterocycles. The first kappa shape index (κ1) is 24.0. The van der Waals surface area contributed by atoms with Gasteiger partial charge in [-0.1, -0.05) is 42.5 Å². The molecule has 0 amide bonds. The molecule has 10 nitrogen and oxygen atoms in total. The number of anilines is 1. The second-order valence-electron chi connectivity index (χ2n) is 9.28. The number of H-pyrrole nitrogens is 1. The number of benzene rings is 3. The molecule has 4 aromatic rings. The van der Waals surface area contributed by atoms with E-state index in [1.54, 1.807) is 36.4 Å². The number of nitrogens with one attached hydrogen (secondary N) is 1. The Morgan fingerprint density at radius 1 is 1.03 bits per heavy atom. The minimum atomic E-state index is -3.93. The lowest BCUT2D eigenvalue weighted by Gasteiger charge is -2.44. The van der Waals surface area contributed by atoms with Crippen LogP contribution < -0.4 is 20.5 Å². The average Bonchev–Trinajstić information content (AvgIpc) is 3.41. The predicted molar refractivity (Wildman–Crippen MR) is 146 cm³/mol. The Hall–Kier alpha value is -4.35. The van der Waals surface area contributed by atoms with Gasteiger partial charge in [0.2, 0.25) is 0 Å². The minimum absolute atomic E-state index is 0.156. The van der Waals surface area contributed by atoms with Gasteiger partial charge in [-0.3, -0.25) is 9.40 Å². The number of sulfonamides is 1. The number of rotatable bonds is 5. The molecule has 11 heteroatoms. The monoisotopic (exact) mass is 529 g/mol. The fourth-order valence-corrected chi connectivity index (χ4v) is 6.76. The summed E-state index contributed by atoms with van der Waals surface area (Å²) < 4.78 is 35.0. The Labute approximate surface area is 220 Å². The molecule has 3 aromatic carbocycles. The summed E-state index contributed by atoms with van der Waals surface area (Å²) in [5.74, 6) is 1.47. The second kappa shape index (κ2) is 9.19. The summed E-state index contributed by atoms with van der Waals surface area (Å²) in [6.07, 6.45) is 1.57. The van der Waals surface area contributed by atoms with Gasteiger partial charge < -0.3 is 21.1 Å². The molecule has 2 unspecified atom stereocenters. The molecule has 0 aliphatic carbocycles. The molecule has 2 aliphatic rings. The molecule has 5 N–H and O–H groups in total. The maximum absolute atomic E-state index is 14.2. The van der Waals surface area contributed by atoms with E-state index in [0.717, 1.165) is 22.4 Å². The molecule has 0 spiro atoms. The van der Waals surface area contributed by atoms with Crippen molar-refractivity contribution >= 4 is 27.5 Å². The van der Waals surface area contributed by atoms with E-state index in [0.29, 0.717) is 23.5 Å². The van der Waals surface area contributed by atoms with Crippen molar-refractivity contribution in [1.82, 2.24) is 15.1 Å². The van der Waals surface area contributed by atoms with Crippen LogP contribution in [0.4, 0.5) is 11.5 Å². The van der Waals surface area contributed by atoms with E-state index >= 15 is 0 Å². The number of hydrogen-bond donors (Lipinski definition) is 3. The highest BCUT2D eigenvalue weighted by Gasteiger charge is 2.40. The maximum atomic E-state index is 14.2. The first-order valence-electron chi connectivity index (χ1n) is 12.1. The molecule has 2 aliphatic heterocycles. The molecule has 0 fully saturated rings. The normalized spacial score (nSPS) is 18.9. The third-order valence-electron chi connectivity index (χ3n) is 7.09. The van der Waals surface area contributed by atoms with E-state index in [1.165, 1.54) is 4.31 Å². The second-order valence-corrected chi connectivity index (χ2v) is 11.1. The third-order valence-corrected chi connectivity index (χ3v) is 8.86. The Balaban J connectivity index is 1.38. The number of fused-ring (bicyclic) bond motifs is 2. The van der Waals surface area contributed by atoms with Gasteiger partial charge in [-0.05, 0) is 53.4 Å². The number of guanidine groups is 1. The quantitative estimate of drug-likeness (QED) is 0.360. The van der Waals surface area contributed by atoms with Gasteiger partial charge in [0.25, 0.3) is 10.0 Å². The lowest BCUT2D eigenvalue weighted by molar-refractivity contribution is 0.233. The van der Waals surface area contributed by atoms with Gasteiger partial charge in [0.15, 0.2) is 11.8 Å². The van der Waals surface area contributed by atoms with Crippen LogP contribution in [0.1, 0.15) is 17.3 Å². The molecular weight excluding hydrogens is 502 g/mol. The van der Waals surface area contributed by atoms with Crippen LogP contribution in [0.3, 0.4) is 0 Å². The SMILES string of the molecule is COc1ccc(-c2cccc(S(=O)(=O)N3CC(N4C(N)=Nc5[nH]ncc5C4N)Cc4ccccc43)c2)cc1. The number of nitrogens with two attached hydrogens (primary N) is 2. The molecular formula is C27H27N7O3S. The van der Waals surface area contributed by atoms with E-state index in [1.807, 2.05) is 54.6 Å². The Kier molecular flexibility index (Phi) is 5.81. The largest absolute Gasteiger partial charge is 0.497 e. The van der Waals surface area contributed by atoms with E-state index in [2.05, 4.69) is 15.2 Å². The van der Waals surface area contributed by atoms with Crippen LogP contribution in [-0.4, -0.2) is 49.2 Å². The standard InChI is InChI=1S/C27H27N7O3S/c1-37-21-11-9-17(10-12-21)18-6-4-7-22(14-18)38(35,36)33-16-20(13-19-5-2-3-8-24(19)33)34-25(28)23-15-30-32-26(23)31-27(34)29/h2-12,14-15,20,25H,13,16,28H2,1H3,(H3,29,30,31,32). The summed E-state index contributed by atoms with van der Waals surface area (Å²) in [4.78, 5) is 6.40. The molecule has 0 saturated carbocycles. The first-order chi connectivity index (χ1) is 18.4. The number of ether oxygens (including phenoxy) is 1. The molecule has 194 valence electrons. The van der Waals surface area contributed by atoms with Crippen molar-refractivity contribution in [3.8, 4) is 16.9 Å². The summed E-state index contributed by atoms with van der Waals surface area (Å²) in [7, 11) is -2.33. The Morgan fingerprint density at radius 2 is 1.82 bits per heavy atom. The zero-order valence-corrected chi connectivity index (χ0v) is 21.5. The van der Waals surface area contributed by atoms with E-state index in [-0.39, 0.29) is 23.4 Å². The smallest absolute Gasteiger partial charge is 0.264 e. The lowest BCUT2D eigenvalue weighted by Crippen LogP contribution is -2.57. The average molecular weight is 530 g/mol. The molecule has 0 saturated heterocycles. The summed E-state index contributed by atoms with van der Waals surface area (Å²) in [6.45, 7) is 0.156. The van der Waals surface area contributed by atoms with Gasteiger partial charge in [0, 0.05) is 0 Å². The zero-order valence-electron chi connectivity index (χ0n) is 20.7. The van der Waals surface area contributed by atoms with Crippen molar-refractivity contribution in [3.63, 3.8) is 0 Å². The molecule has 0 radical (unpaired) electrons. The van der Waals surface area contributed by atoms with E-state index in [4.69, 9.17) is 16.2 Å².